The van der Waals surface area contributed by atoms with E-state index in [9.17, 15) is 9.59 Å². The van der Waals surface area contributed by atoms with Crippen molar-refractivity contribution in [3.8, 4) is 0 Å². The third kappa shape index (κ3) is 7.32. The SMILES string of the molecule is CC/C=C(CC)/C(CCCC)=C(\C(=C/C(=O)OC)C(=O)OC)[Si](C)(C)C. The molecule has 0 spiro atoms. The molecule has 0 aromatic rings. The van der Waals surface area contributed by atoms with E-state index in [1.807, 2.05) is 0 Å². The monoisotopic (exact) mass is 380 g/mol. The fourth-order valence-corrected chi connectivity index (χ4v) is 5.24. The Bertz CT molecular complexity index is 577. The van der Waals surface area contributed by atoms with Gasteiger partial charge in [-0.2, -0.15) is 0 Å². The first kappa shape index (κ1) is 24.4. The quantitative estimate of drug-likeness (QED) is 0.221. The van der Waals surface area contributed by atoms with Gasteiger partial charge < -0.3 is 9.47 Å². The van der Waals surface area contributed by atoms with Crippen molar-refractivity contribution >= 4 is 20.0 Å². The van der Waals surface area contributed by atoms with Crippen LogP contribution in [0.15, 0.2) is 34.1 Å². The van der Waals surface area contributed by atoms with Crippen molar-refractivity contribution in [1.82, 2.24) is 0 Å². The molecular formula is C21H36O4Si. The molecule has 0 heterocycles. The Morgan fingerprint density at radius 2 is 1.62 bits per heavy atom. The zero-order chi connectivity index (χ0) is 20.3. The molecule has 0 rings (SSSR count). The van der Waals surface area contributed by atoms with Crippen LogP contribution in [-0.4, -0.2) is 34.2 Å². The van der Waals surface area contributed by atoms with E-state index in [2.05, 4.69) is 46.5 Å². The normalized spacial score (nSPS) is 14.0. The summed E-state index contributed by atoms with van der Waals surface area (Å²) in [5, 5.41) is 1.00. The average Bonchev–Trinajstić information content (AvgIpc) is 2.60. The van der Waals surface area contributed by atoms with Gasteiger partial charge >= 0.3 is 11.9 Å². The van der Waals surface area contributed by atoms with E-state index in [0.29, 0.717) is 5.57 Å². The second-order valence-electron chi connectivity index (χ2n) is 7.27. The lowest BCUT2D eigenvalue weighted by Gasteiger charge is -2.28. The number of esters is 2. The number of ether oxygens (including phenoxy) is 2. The van der Waals surface area contributed by atoms with Gasteiger partial charge in [-0.15, -0.1) is 0 Å². The summed E-state index contributed by atoms with van der Waals surface area (Å²) >= 11 is 0. The second kappa shape index (κ2) is 11.9. The average molecular weight is 381 g/mol. The maximum absolute atomic E-state index is 12.6. The molecule has 0 aromatic carbocycles. The molecule has 0 bridgehead atoms. The highest BCUT2D eigenvalue weighted by Gasteiger charge is 2.31. The summed E-state index contributed by atoms with van der Waals surface area (Å²) in [6, 6.07) is 0. The number of methoxy groups -OCH3 is 2. The highest BCUT2D eigenvalue weighted by molar-refractivity contribution is 6.84. The van der Waals surface area contributed by atoms with Gasteiger partial charge in [-0.3, -0.25) is 0 Å². The molecule has 0 aromatic heterocycles. The van der Waals surface area contributed by atoms with E-state index in [0.717, 1.165) is 37.3 Å². The minimum atomic E-state index is -1.97. The summed E-state index contributed by atoms with van der Waals surface area (Å²) < 4.78 is 9.80. The smallest absolute Gasteiger partial charge is 0.338 e. The van der Waals surface area contributed by atoms with Gasteiger partial charge in [0.15, 0.2) is 0 Å². The number of rotatable bonds is 10. The van der Waals surface area contributed by atoms with Crippen LogP contribution in [0.1, 0.15) is 52.9 Å². The fourth-order valence-electron chi connectivity index (χ4n) is 3.07. The Hall–Kier alpha value is -1.62. The van der Waals surface area contributed by atoms with Crippen LogP contribution in [0, 0.1) is 0 Å². The molecule has 0 atom stereocenters. The lowest BCUT2D eigenvalue weighted by Crippen LogP contribution is -2.31. The fraction of sp³-hybridized carbons (Fsp3) is 0.619. The number of carbonyl (C=O) groups excluding carboxylic acids is 2. The maximum Gasteiger partial charge on any atom is 0.338 e. The Morgan fingerprint density at radius 1 is 1.00 bits per heavy atom. The third-order valence-corrected chi connectivity index (χ3v) is 6.26. The highest BCUT2D eigenvalue weighted by atomic mass is 28.3. The predicted octanol–water partition coefficient (Wildman–Crippen LogP) is 5.37. The van der Waals surface area contributed by atoms with Crippen LogP contribution in [0.5, 0.6) is 0 Å². The van der Waals surface area contributed by atoms with Gasteiger partial charge in [-0.1, -0.05) is 52.9 Å². The zero-order valence-corrected chi connectivity index (χ0v) is 18.8. The first-order valence-electron chi connectivity index (χ1n) is 9.49. The third-order valence-electron chi connectivity index (χ3n) is 4.19. The molecule has 0 N–H and O–H groups in total. The van der Waals surface area contributed by atoms with Gasteiger partial charge in [0.25, 0.3) is 0 Å². The molecule has 0 aliphatic rings. The molecular weight excluding hydrogens is 344 g/mol. The van der Waals surface area contributed by atoms with E-state index >= 15 is 0 Å². The van der Waals surface area contributed by atoms with Crippen LogP contribution in [0.3, 0.4) is 0 Å². The number of hydrogen-bond donors (Lipinski definition) is 0. The summed E-state index contributed by atoms with van der Waals surface area (Å²) in [4.78, 5) is 24.5. The largest absolute Gasteiger partial charge is 0.466 e. The molecule has 0 saturated heterocycles. The number of carbonyl (C=O) groups is 2. The maximum atomic E-state index is 12.6. The van der Waals surface area contributed by atoms with Crippen LogP contribution in [0.2, 0.25) is 19.6 Å². The lowest BCUT2D eigenvalue weighted by atomic mass is 9.94. The van der Waals surface area contributed by atoms with Crippen molar-refractivity contribution in [2.75, 3.05) is 14.2 Å². The van der Waals surface area contributed by atoms with Gasteiger partial charge in [-0.25, -0.2) is 9.59 Å². The van der Waals surface area contributed by atoms with Crippen LogP contribution in [0.25, 0.3) is 0 Å². The van der Waals surface area contributed by atoms with Gasteiger partial charge in [-0.05, 0) is 42.0 Å². The number of hydrogen-bond acceptors (Lipinski definition) is 4. The molecule has 0 aliphatic carbocycles. The summed E-state index contributed by atoms with van der Waals surface area (Å²) in [6.45, 7) is 13.0. The molecule has 26 heavy (non-hydrogen) atoms. The highest BCUT2D eigenvalue weighted by Crippen LogP contribution is 2.34. The van der Waals surface area contributed by atoms with Gasteiger partial charge in [0.1, 0.15) is 0 Å². The predicted molar refractivity (Wildman–Crippen MR) is 111 cm³/mol. The molecule has 0 unspecified atom stereocenters. The van der Waals surface area contributed by atoms with E-state index in [-0.39, 0.29) is 0 Å². The zero-order valence-electron chi connectivity index (χ0n) is 17.8. The molecule has 4 nitrogen and oxygen atoms in total. The second-order valence-corrected chi connectivity index (χ2v) is 12.3. The summed E-state index contributed by atoms with van der Waals surface area (Å²) in [7, 11) is 0.701. The minimum Gasteiger partial charge on any atom is -0.466 e. The molecule has 0 saturated carbocycles. The summed E-state index contributed by atoms with van der Waals surface area (Å²) in [5.41, 5.74) is 2.81. The van der Waals surface area contributed by atoms with Crippen LogP contribution in [-0.2, 0) is 19.1 Å². The molecule has 0 fully saturated rings. The molecule has 5 heteroatoms. The Morgan fingerprint density at radius 3 is 2.00 bits per heavy atom. The Labute approximate surface area is 160 Å². The van der Waals surface area contributed by atoms with Crippen molar-refractivity contribution < 1.29 is 19.1 Å². The van der Waals surface area contributed by atoms with Crippen molar-refractivity contribution in [3.63, 3.8) is 0 Å². The minimum absolute atomic E-state index is 0.347. The summed E-state index contributed by atoms with van der Waals surface area (Å²) in [5.74, 6) is -1.01. The van der Waals surface area contributed by atoms with Gasteiger partial charge in [0.2, 0.25) is 0 Å². The topological polar surface area (TPSA) is 52.6 Å². The molecule has 0 amide bonds. The van der Waals surface area contributed by atoms with Crippen LogP contribution >= 0.6 is 0 Å². The Balaban J connectivity index is 6.88. The number of unbranched alkanes of at least 4 members (excludes halogenated alkanes) is 1. The van der Waals surface area contributed by atoms with E-state index in [1.54, 1.807) is 0 Å². The van der Waals surface area contributed by atoms with Crippen molar-refractivity contribution in [2.45, 2.75) is 72.5 Å². The van der Waals surface area contributed by atoms with Crippen molar-refractivity contribution in [2.24, 2.45) is 0 Å². The molecule has 0 radical (unpaired) electrons. The first-order chi connectivity index (χ1) is 12.2. The van der Waals surface area contributed by atoms with Crippen LogP contribution < -0.4 is 0 Å². The van der Waals surface area contributed by atoms with Crippen molar-refractivity contribution in [1.29, 1.82) is 0 Å². The lowest BCUT2D eigenvalue weighted by molar-refractivity contribution is -0.138. The van der Waals surface area contributed by atoms with Crippen LogP contribution in [0.4, 0.5) is 0 Å². The standard InChI is InChI=1S/C21H36O4Si/c1-9-12-14-17(16(11-3)13-10-2)20(26(6,7)8)18(21(23)25-5)15-19(22)24-4/h13,15H,9-12,14H2,1-8H3/b16-13+,18-15+,20-17+. The molecule has 0 aliphatic heterocycles. The number of allylic oxidation sites excluding steroid dienone is 3. The van der Waals surface area contributed by atoms with Gasteiger partial charge in [0.05, 0.1) is 27.9 Å². The van der Waals surface area contributed by atoms with E-state index in [4.69, 9.17) is 9.47 Å². The Kier molecular flexibility index (Phi) is 11.1. The summed E-state index contributed by atoms with van der Waals surface area (Å²) in [6.07, 6.45) is 8.37. The van der Waals surface area contributed by atoms with E-state index in [1.165, 1.54) is 31.4 Å². The molecule has 148 valence electrons. The van der Waals surface area contributed by atoms with Gasteiger partial charge in [0, 0.05) is 6.08 Å². The first-order valence-corrected chi connectivity index (χ1v) is 13.0. The van der Waals surface area contributed by atoms with Crippen molar-refractivity contribution in [3.05, 3.63) is 34.1 Å². The van der Waals surface area contributed by atoms with E-state index < -0.39 is 20.0 Å².